The molecule has 0 aliphatic rings. The third-order valence-electron chi connectivity index (χ3n) is 5.77. The van der Waals surface area contributed by atoms with Crippen LogP contribution < -0.4 is 10.6 Å². The van der Waals surface area contributed by atoms with E-state index < -0.39 is 23.8 Å². The van der Waals surface area contributed by atoms with E-state index >= 15 is 0 Å². The predicted octanol–water partition coefficient (Wildman–Crippen LogP) is 7.08. The van der Waals surface area contributed by atoms with E-state index in [0.717, 1.165) is 23.4 Å². The summed E-state index contributed by atoms with van der Waals surface area (Å²) in [6, 6.07) is 19.2. The van der Waals surface area contributed by atoms with Crippen LogP contribution in [0.1, 0.15) is 41.0 Å². The van der Waals surface area contributed by atoms with Crippen molar-refractivity contribution in [3.05, 3.63) is 101 Å². The van der Waals surface area contributed by atoms with E-state index in [1.807, 2.05) is 47.9 Å². The van der Waals surface area contributed by atoms with E-state index in [2.05, 4.69) is 39.9 Å². The fraction of sp³-hybridized carbons (Fsp3) is 0.222. The number of alkyl halides is 3. The predicted molar refractivity (Wildman–Crippen MR) is 139 cm³/mol. The first-order chi connectivity index (χ1) is 17.6. The normalized spacial score (nSPS) is 12.3. The summed E-state index contributed by atoms with van der Waals surface area (Å²) in [7, 11) is 0. The molecular formula is C27H26F3N5OS. The van der Waals surface area contributed by atoms with Gasteiger partial charge in [-0.2, -0.15) is 13.2 Å². The van der Waals surface area contributed by atoms with Gasteiger partial charge in [-0.25, -0.2) is 4.79 Å². The molecule has 1 aromatic heterocycles. The third kappa shape index (κ3) is 6.51. The maximum Gasteiger partial charge on any atom is 0.416 e. The zero-order valence-electron chi connectivity index (χ0n) is 20.5. The Hall–Kier alpha value is -3.79. The number of hydrogen-bond donors (Lipinski definition) is 2. The minimum absolute atomic E-state index is 0.243. The van der Waals surface area contributed by atoms with Gasteiger partial charge in [-0.3, -0.25) is 4.57 Å². The van der Waals surface area contributed by atoms with Crippen LogP contribution in [0.2, 0.25) is 0 Å². The van der Waals surface area contributed by atoms with E-state index in [9.17, 15) is 18.0 Å². The summed E-state index contributed by atoms with van der Waals surface area (Å²) >= 11 is 1.55. The van der Waals surface area contributed by atoms with E-state index in [4.69, 9.17) is 0 Å². The number of hydrogen-bond acceptors (Lipinski definition) is 4. The Morgan fingerprint density at radius 1 is 0.973 bits per heavy atom. The van der Waals surface area contributed by atoms with Gasteiger partial charge in [-0.1, -0.05) is 53.7 Å². The lowest BCUT2D eigenvalue weighted by molar-refractivity contribution is -0.137. The fourth-order valence-corrected chi connectivity index (χ4v) is 4.71. The van der Waals surface area contributed by atoms with Crippen LogP contribution in [0.15, 0.2) is 78.0 Å². The number of halogens is 3. The van der Waals surface area contributed by atoms with Crippen molar-refractivity contribution in [2.75, 3.05) is 5.32 Å². The molecule has 4 aromatic rings. The van der Waals surface area contributed by atoms with Crippen LogP contribution in [0.4, 0.5) is 23.7 Å². The summed E-state index contributed by atoms with van der Waals surface area (Å²) in [5.74, 6) is 1.23. The molecule has 3 aromatic carbocycles. The molecule has 0 bridgehead atoms. The number of nitrogens with one attached hydrogen (secondary N) is 2. The Morgan fingerprint density at radius 2 is 1.65 bits per heavy atom. The fourth-order valence-electron chi connectivity index (χ4n) is 3.68. The number of aryl methyl sites for hydroxylation is 2. The Kier molecular flexibility index (Phi) is 7.87. The highest BCUT2D eigenvalue weighted by molar-refractivity contribution is 7.98. The summed E-state index contributed by atoms with van der Waals surface area (Å²) in [5, 5.41) is 14.8. The molecule has 0 radical (unpaired) electrons. The molecule has 10 heteroatoms. The van der Waals surface area contributed by atoms with Crippen molar-refractivity contribution in [3.63, 3.8) is 0 Å². The Morgan fingerprint density at radius 3 is 2.30 bits per heavy atom. The molecule has 0 fully saturated rings. The molecule has 2 amide bonds. The van der Waals surface area contributed by atoms with Crippen molar-refractivity contribution in [1.82, 2.24) is 20.1 Å². The number of aromatic nitrogens is 3. The van der Waals surface area contributed by atoms with Crippen LogP contribution in [-0.2, 0) is 11.9 Å². The largest absolute Gasteiger partial charge is 0.416 e. The van der Waals surface area contributed by atoms with Gasteiger partial charge in [0.1, 0.15) is 0 Å². The number of carbonyl (C=O) groups is 1. The first-order valence-electron chi connectivity index (χ1n) is 11.6. The van der Waals surface area contributed by atoms with Crippen LogP contribution >= 0.6 is 11.8 Å². The van der Waals surface area contributed by atoms with Gasteiger partial charge in [0.2, 0.25) is 0 Å². The van der Waals surface area contributed by atoms with E-state index in [1.165, 1.54) is 23.3 Å². The highest BCUT2D eigenvalue weighted by Crippen LogP contribution is 2.30. The van der Waals surface area contributed by atoms with Gasteiger partial charge < -0.3 is 10.6 Å². The molecule has 1 atom stereocenters. The van der Waals surface area contributed by atoms with Gasteiger partial charge in [0.25, 0.3) is 0 Å². The van der Waals surface area contributed by atoms with Crippen molar-refractivity contribution >= 4 is 23.5 Å². The molecule has 37 heavy (non-hydrogen) atoms. The minimum atomic E-state index is -4.44. The van der Waals surface area contributed by atoms with Gasteiger partial charge in [0, 0.05) is 17.1 Å². The number of thioether (sulfide) groups is 1. The first kappa shape index (κ1) is 26.3. The average molecular weight is 526 g/mol. The average Bonchev–Trinajstić information content (AvgIpc) is 3.28. The second-order valence-corrected chi connectivity index (χ2v) is 9.56. The number of benzene rings is 3. The molecule has 0 aliphatic carbocycles. The van der Waals surface area contributed by atoms with E-state index in [-0.39, 0.29) is 5.69 Å². The molecule has 1 heterocycles. The lowest BCUT2D eigenvalue weighted by Crippen LogP contribution is -2.32. The molecule has 192 valence electrons. The highest BCUT2D eigenvalue weighted by atomic mass is 32.2. The number of anilines is 1. The van der Waals surface area contributed by atoms with Crippen molar-refractivity contribution in [2.45, 2.75) is 43.9 Å². The van der Waals surface area contributed by atoms with Gasteiger partial charge >= 0.3 is 12.2 Å². The molecule has 2 N–H and O–H groups in total. The van der Waals surface area contributed by atoms with Gasteiger partial charge in [-0.15, -0.1) is 10.2 Å². The second-order valence-electron chi connectivity index (χ2n) is 8.62. The SMILES string of the molecule is Cc1ccc(-n2c(SCc3ccccc3C)nnc2C(C)NC(=O)Nc2ccc(C(F)(F)F)cc2)cc1. The van der Waals surface area contributed by atoms with Crippen molar-refractivity contribution in [3.8, 4) is 5.69 Å². The van der Waals surface area contributed by atoms with Crippen LogP contribution in [-0.4, -0.2) is 20.8 Å². The topological polar surface area (TPSA) is 71.8 Å². The molecular weight excluding hydrogens is 499 g/mol. The van der Waals surface area contributed by atoms with Gasteiger partial charge in [0.15, 0.2) is 11.0 Å². The molecule has 6 nitrogen and oxygen atoms in total. The summed E-state index contributed by atoms with van der Waals surface area (Å²) < 4.78 is 40.3. The first-order valence-corrected chi connectivity index (χ1v) is 12.5. The number of amides is 2. The van der Waals surface area contributed by atoms with Crippen LogP contribution in [0.5, 0.6) is 0 Å². The minimum Gasteiger partial charge on any atom is -0.328 e. The zero-order valence-corrected chi connectivity index (χ0v) is 21.3. The van der Waals surface area contributed by atoms with Crippen molar-refractivity contribution in [1.29, 1.82) is 0 Å². The quantitative estimate of drug-likeness (QED) is 0.253. The lowest BCUT2D eigenvalue weighted by atomic mass is 10.1. The third-order valence-corrected chi connectivity index (χ3v) is 6.75. The standard InChI is InChI=1S/C27H26F3N5OS/c1-17-8-14-23(15-9-17)35-24(33-34-26(35)37-16-20-7-5-4-6-18(20)2)19(3)31-25(36)32-22-12-10-21(11-13-22)27(28,29)30/h4-15,19H,16H2,1-3H3,(H2,31,32,36). The summed E-state index contributed by atoms with van der Waals surface area (Å²) in [4.78, 5) is 12.6. The molecule has 0 spiro atoms. The Labute approximate surface area is 217 Å². The van der Waals surface area contributed by atoms with E-state index in [0.29, 0.717) is 16.7 Å². The second kappa shape index (κ2) is 11.1. The summed E-state index contributed by atoms with van der Waals surface area (Å²) in [6.07, 6.45) is -4.44. The maximum atomic E-state index is 12.8. The number of rotatable bonds is 7. The van der Waals surface area contributed by atoms with Crippen LogP contribution in [0.25, 0.3) is 5.69 Å². The Bertz CT molecular complexity index is 1370. The number of nitrogens with zero attached hydrogens (tertiary/aromatic N) is 3. The summed E-state index contributed by atoms with van der Waals surface area (Å²) in [5.41, 5.74) is 3.80. The van der Waals surface area contributed by atoms with Crippen molar-refractivity contribution < 1.29 is 18.0 Å². The zero-order chi connectivity index (χ0) is 26.6. The van der Waals surface area contributed by atoms with Crippen LogP contribution in [0, 0.1) is 13.8 Å². The molecule has 0 saturated heterocycles. The van der Waals surface area contributed by atoms with Crippen LogP contribution in [0.3, 0.4) is 0 Å². The van der Waals surface area contributed by atoms with Crippen molar-refractivity contribution in [2.24, 2.45) is 0 Å². The molecule has 0 aliphatic heterocycles. The Balaban J connectivity index is 1.53. The molecule has 0 saturated carbocycles. The summed E-state index contributed by atoms with van der Waals surface area (Å²) in [6.45, 7) is 5.84. The lowest BCUT2D eigenvalue weighted by Gasteiger charge is -2.17. The van der Waals surface area contributed by atoms with Gasteiger partial charge in [-0.05, 0) is 68.3 Å². The van der Waals surface area contributed by atoms with E-state index in [1.54, 1.807) is 18.7 Å². The number of carbonyl (C=O) groups excluding carboxylic acids is 1. The molecule has 4 rings (SSSR count). The van der Waals surface area contributed by atoms with Gasteiger partial charge in [0.05, 0.1) is 11.6 Å². The molecule has 1 unspecified atom stereocenters. The smallest absolute Gasteiger partial charge is 0.328 e. The maximum absolute atomic E-state index is 12.8. The highest BCUT2D eigenvalue weighted by Gasteiger charge is 2.30. The number of urea groups is 1. The monoisotopic (exact) mass is 525 g/mol.